The summed E-state index contributed by atoms with van der Waals surface area (Å²) in [6.07, 6.45) is 0. The van der Waals surface area contributed by atoms with Gasteiger partial charge in [0.15, 0.2) is 0 Å². The first-order valence-corrected chi connectivity index (χ1v) is 8.98. The van der Waals surface area contributed by atoms with Gasteiger partial charge in [0.1, 0.15) is 0 Å². The van der Waals surface area contributed by atoms with Crippen molar-refractivity contribution in [2.24, 2.45) is 11.7 Å². The Hall–Kier alpha value is -1.45. The van der Waals surface area contributed by atoms with E-state index < -0.39 is 13.3 Å². The van der Waals surface area contributed by atoms with E-state index in [0.29, 0.717) is 0 Å². The van der Waals surface area contributed by atoms with Gasteiger partial charge in [-0.2, -0.15) is 0 Å². The van der Waals surface area contributed by atoms with E-state index in [9.17, 15) is 14.4 Å². The zero-order chi connectivity index (χ0) is 16.2. The molecular weight excluding hydrogens is 297 g/mol. The Morgan fingerprint density at radius 2 is 1.36 bits per heavy atom. The number of benzene rings is 2. The quantitative estimate of drug-likeness (QED) is 0.715. The fourth-order valence-electron chi connectivity index (χ4n) is 2.90. The van der Waals surface area contributed by atoms with Gasteiger partial charge in [-0.15, -0.1) is 0 Å². The predicted octanol–water partition coefficient (Wildman–Crippen LogP) is 2.96. The van der Waals surface area contributed by atoms with Crippen LogP contribution in [-0.2, 0) is 4.57 Å². The summed E-state index contributed by atoms with van der Waals surface area (Å²) in [5.74, 6) is -0.687. The lowest BCUT2D eigenvalue weighted by Gasteiger charge is -2.32. The predicted molar refractivity (Wildman–Crippen MR) is 88.8 cm³/mol. The molecule has 0 radical (unpaired) electrons. The summed E-state index contributed by atoms with van der Waals surface area (Å²) in [5, 5.41) is 0. The summed E-state index contributed by atoms with van der Waals surface area (Å²) in [6, 6.07) is 18.9. The Labute approximate surface area is 131 Å². The molecule has 0 fully saturated rings. The van der Waals surface area contributed by atoms with Crippen LogP contribution in [0.15, 0.2) is 60.7 Å². The molecule has 0 heterocycles. The van der Waals surface area contributed by atoms with Crippen LogP contribution in [0, 0.1) is 5.92 Å². The summed E-state index contributed by atoms with van der Waals surface area (Å²) < 4.78 is 12.2. The summed E-state index contributed by atoms with van der Waals surface area (Å²) in [4.78, 5) is 19.9. The lowest BCUT2D eigenvalue weighted by Crippen LogP contribution is -2.32. The summed E-state index contributed by atoms with van der Waals surface area (Å²) >= 11 is 0. The van der Waals surface area contributed by atoms with Gasteiger partial charge in [-0.1, -0.05) is 67.6 Å². The van der Waals surface area contributed by atoms with Crippen molar-refractivity contribution in [2.75, 3.05) is 6.54 Å². The van der Waals surface area contributed by atoms with Crippen LogP contribution >= 0.6 is 7.60 Å². The third-order valence-corrected chi connectivity index (χ3v) is 5.59. The third-order valence-electron chi connectivity index (χ3n) is 4.00. The third kappa shape index (κ3) is 3.84. The lowest BCUT2D eigenvalue weighted by molar-refractivity contribution is 0.329. The lowest BCUT2D eigenvalue weighted by atomic mass is 9.83. The smallest absolute Gasteiger partial charge is 0.329 e. The van der Waals surface area contributed by atoms with E-state index in [-0.39, 0.29) is 18.4 Å². The molecule has 4 N–H and O–H groups in total. The monoisotopic (exact) mass is 319 g/mol. The van der Waals surface area contributed by atoms with Crippen LogP contribution in [-0.4, -0.2) is 22.0 Å². The van der Waals surface area contributed by atoms with Crippen molar-refractivity contribution in [1.82, 2.24) is 0 Å². The molecule has 0 saturated carbocycles. The number of rotatable bonds is 6. The van der Waals surface area contributed by atoms with Crippen LogP contribution in [0.3, 0.4) is 0 Å². The molecule has 0 aromatic heterocycles. The molecule has 2 atom stereocenters. The van der Waals surface area contributed by atoms with Crippen molar-refractivity contribution in [1.29, 1.82) is 0 Å². The molecule has 22 heavy (non-hydrogen) atoms. The molecule has 4 nitrogen and oxygen atoms in total. The topological polar surface area (TPSA) is 83.6 Å². The van der Waals surface area contributed by atoms with Crippen LogP contribution < -0.4 is 5.73 Å². The minimum atomic E-state index is -4.32. The van der Waals surface area contributed by atoms with Crippen LogP contribution in [0.25, 0.3) is 0 Å². The van der Waals surface area contributed by atoms with Crippen LogP contribution in [0.2, 0.25) is 0 Å². The minimum Gasteiger partial charge on any atom is -0.330 e. The van der Waals surface area contributed by atoms with E-state index in [0.717, 1.165) is 11.1 Å². The molecule has 2 aromatic rings. The first kappa shape index (κ1) is 16.9. The molecule has 2 unspecified atom stereocenters. The summed E-state index contributed by atoms with van der Waals surface area (Å²) in [7, 11) is -4.32. The van der Waals surface area contributed by atoms with E-state index in [1.165, 1.54) is 0 Å². The van der Waals surface area contributed by atoms with Gasteiger partial charge >= 0.3 is 7.60 Å². The maximum Gasteiger partial charge on any atom is 0.329 e. The average Bonchev–Trinajstić information content (AvgIpc) is 2.52. The normalized spacial score (nSPS) is 14.8. The fourth-order valence-corrected chi connectivity index (χ4v) is 4.42. The highest BCUT2D eigenvalue weighted by molar-refractivity contribution is 7.52. The van der Waals surface area contributed by atoms with Gasteiger partial charge in [0.25, 0.3) is 0 Å². The molecule has 0 bridgehead atoms. The first-order valence-electron chi connectivity index (χ1n) is 7.30. The van der Waals surface area contributed by atoms with Crippen molar-refractivity contribution < 1.29 is 14.4 Å². The van der Waals surface area contributed by atoms with Gasteiger partial charge in [0, 0.05) is 5.92 Å². The maximum absolute atomic E-state index is 12.2. The highest BCUT2D eigenvalue weighted by atomic mass is 31.2. The molecule has 118 valence electrons. The largest absolute Gasteiger partial charge is 0.330 e. The Morgan fingerprint density at radius 3 is 1.68 bits per heavy atom. The number of hydrogen-bond donors (Lipinski definition) is 3. The molecular formula is C17H22NO3P. The van der Waals surface area contributed by atoms with E-state index in [2.05, 4.69) is 0 Å². The standard InChI is InChI=1S/C17H22NO3P/c1-13(12-18)17(22(19,20)21)16(14-8-4-2-5-9-14)15-10-6-3-7-11-15/h2-11,13,16-17H,12,18H2,1H3,(H2,19,20,21). The highest BCUT2D eigenvalue weighted by Crippen LogP contribution is 2.53. The van der Waals surface area contributed by atoms with E-state index in [1.54, 1.807) is 6.92 Å². The molecule has 5 heteroatoms. The molecule has 0 aliphatic heterocycles. The average molecular weight is 319 g/mol. The summed E-state index contributed by atoms with van der Waals surface area (Å²) in [6.45, 7) is 2.02. The van der Waals surface area contributed by atoms with Crippen LogP contribution in [0.4, 0.5) is 0 Å². The van der Waals surface area contributed by atoms with E-state index in [1.807, 2.05) is 60.7 Å². The second-order valence-electron chi connectivity index (χ2n) is 5.59. The molecule has 0 aliphatic carbocycles. The van der Waals surface area contributed by atoms with Gasteiger partial charge < -0.3 is 15.5 Å². The van der Waals surface area contributed by atoms with Crippen LogP contribution in [0.1, 0.15) is 24.0 Å². The Kier molecular flexibility index (Phi) is 5.54. The zero-order valence-electron chi connectivity index (χ0n) is 12.5. The fraction of sp³-hybridized carbons (Fsp3) is 0.294. The van der Waals surface area contributed by atoms with Gasteiger partial charge in [-0.3, -0.25) is 4.57 Å². The van der Waals surface area contributed by atoms with E-state index in [4.69, 9.17) is 5.73 Å². The molecule has 0 spiro atoms. The molecule has 0 amide bonds. The molecule has 0 saturated heterocycles. The van der Waals surface area contributed by atoms with Gasteiger partial charge in [-0.25, -0.2) is 0 Å². The Morgan fingerprint density at radius 1 is 0.955 bits per heavy atom. The Balaban J connectivity index is 2.59. The molecule has 0 aliphatic rings. The van der Waals surface area contributed by atoms with Gasteiger partial charge in [0.05, 0.1) is 5.66 Å². The zero-order valence-corrected chi connectivity index (χ0v) is 13.4. The van der Waals surface area contributed by atoms with Crippen molar-refractivity contribution in [3.63, 3.8) is 0 Å². The summed E-state index contributed by atoms with van der Waals surface area (Å²) in [5.41, 5.74) is 6.66. The van der Waals surface area contributed by atoms with Crippen molar-refractivity contribution in [3.05, 3.63) is 71.8 Å². The van der Waals surface area contributed by atoms with Crippen LogP contribution in [0.5, 0.6) is 0 Å². The molecule has 2 aromatic carbocycles. The second kappa shape index (κ2) is 7.21. The first-order chi connectivity index (χ1) is 10.4. The maximum atomic E-state index is 12.2. The minimum absolute atomic E-state index is 0.228. The van der Waals surface area contributed by atoms with Crippen molar-refractivity contribution in [3.8, 4) is 0 Å². The highest BCUT2D eigenvalue weighted by Gasteiger charge is 2.41. The number of nitrogens with two attached hydrogens (primary N) is 1. The van der Waals surface area contributed by atoms with Crippen molar-refractivity contribution in [2.45, 2.75) is 18.5 Å². The van der Waals surface area contributed by atoms with Crippen molar-refractivity contribution >= 4 is 7.60 Å². The second-order valence-corrected chi connectivity index (χ2v) is 7.37. The SMILES string of the molecule is CC(CN)C(C(c1ccccc1)c1ccccc1)P(=O)(O)O. The van der Waals surface area contributed by atoms with E-state index >= 15 is 0 Å². The van der Waals surface area contributed by atoms with Gasteiger partial charge in [0.2, 0.25) is 0 Å². The number of hydrogen-bond acceptors (Lipinski definition) is 2. The van der Waals surface area contributed by atoms with Gasteiger partial charge in [-0.05, 0) is 23.6 Å². The molecule has 2 rings (SSSR count). The Bertz CT molecular complexity index is 587.